The summed E-state index contributed by atoms with van der Waals surface area (Å²) < 4.78 is 0. The number of hydrogen-bond donors (Lipinski definition) is 0. The van der Waals surface area contributed by atoms with Gasteiger partial charge in [0.1, 0.15) is 0 Å². The Balaban J connectivity index is 1.10. The van der Waals surface area contributed by atoms with Gasteiger partial charge in [-0.1, -0.05) is 85.0 Å². The van der Waals surface area contributed by atoms with Crippen molar-refractivity contribution in [2.24, 2.45) is 0 Å². The lowest BCUT2D eigenvalue weighted by Crippen LogP contribution is -2.11. The number of benzene rings is 7. The summed E-state index contributed by atoms with van der Waals surface area (Å²) in [7, 11) is 8.16. The first kappa shape index (κ1) is 38.5. The van der Waals surface area contributed by atoms with Gasteiger partial charge in [0, 0.05) is 73.7 Å². The molecule has 6 heteroatoms. The first-order valence-corrected chi connectivity index (χ1v) is 19.1. The van der Waals surface area contributed by atoms with Crippen LogP contribution in [0, 0.1) is 17.9 Å². The summed E-state index contributed by atoms with van der Waals surface area (Å²) in [4.78, 5) is 12.5. The third kappa shape index (κ3) is 8.84. The molecule has 0 amide bonds. The second-order valence-electron chi connectivity index (χ2n) is 14.2. The van der Waals surface area contributed by atoms with E-state index in [0.29, 0.717) is 22.4 Å². The Labute approximate surface area is 342 Å². The van der Waals surface area contributed by atoms with Crippen molar-refractivity contribution in [3.05, 3.63) is 209 Å². The summed E-state index contributed by atoms with van der Waals surface area (Å²) in [5.74, 6) is 0. The van der Waals surface area contributed by atoms with Gasteiger partial charge in [-0.3, -0.25) is 0 Å². The summed E-state index contributed by atoms with van der Waals surface area (Å²) in [6, 6.07) is 60.3. The minimum absolute atomic E-state index is 0.483. The molecule has 282 valence electrons. The normalized spacial score (nSPS) is 10.9. The van der Waals surface area contributed by atoms with Crippen LogP contribution in [0.1, 0.15) is 27.8 Å². The Kier molecular flexibility index (Phi) is 11.8. The molecule has 7 rings (SSSR count). The summed E-state index contributed by atoms with van der Waals surface area (Å²) >= 11 is 0. The summed E-state index contributed by atoms with van der Waals surface area (Å²) in [5, 5.41) is 10.2. The highest BCUT2D eigenvalue weighted by Crippen LogP contribution is 2.37. The molecule has 0 saturated carbocycles. The van der Waals surface area contributed by atoms with E-state index in [1.807, 2.05) is 88.9 Å². The van der Waals surface area contributed by atoms with Gasteiger partial charge in [-0.25, -0.2) is 4.85 Å². The molecule has 0 aliphatic heterocycles. The van der Waals surface area contributed by atoms with E-state index in [9.17, 15) is 5.26 Å². The van der Waals surface area contributed by atoms with Crippen LogP contribution in [0.4, 0.5) is 51.2 Å². The third-order valence-electron chi connectivity index (χ3n) is 9.93. The first-order valence-electron chi connectivity index (χ1n) is 19.1. The lowest BCUT2D eigenvalue weighted by molar-refractivity contribution is 1.13. The predicted molar refractivity (Wildman–Crippen MR) is 246 cm³/mol. The minimum atomic E-state index is 0.483. The molecular weight excluding hydrogens is 709 g/mol. The summed E-state index contributed by atoms with van der Waals surface area (Å²) in [6.07, 6.45) is 7.80. The number of rotatable bonds is 12. The van der Waals surface area contributed by atoms with E-state index in [1.54, 1.807) is 12.1 Å². The van der Waals surface area contributed by atoms with Crippen molar-refractivity contribution in [2.75, 3.05) is 47.8 Å². The molecule has 0 unspecified atom stereocenters. The largest absolute Gasteiger partial charge is 0.378 e. The van der Waals surface area contributed by atoms with Gasteiger partial charge in [0.2, 0.25) is 0 Å². The smallest absolute Gasteiger partial charge is 0.194 e. The van der Waals surface area contributed by atoms with E-state index in [-0.39, 0.29) is 0 Å². The van der Waals surface area contributed by atoms with Crippen LogP contribution >= 0.6 is 0 Å². The van der Waals surface area contributed by atoms with Crippen LogP contribution in [0.2, 0.25) is 0 Å². The second-order valence-corrected chi connectivity index (χ2v) is 14.2. The second kappa shape index (κ2) is 17.8. The molecule has 0 aromatic heterocycles. The third-order valence-corrected chi connectivity index (χ3v) is 9.93. The van der Waals surface area contributed by atoms with E-state index >= 15 is 0 Å². The highest BCUT2D eigenvalue weighted by Gasteiger charge is 2.14. The minimum Gasteiger partial charge on any atom is -0.378 e. The lowest BCUT2D eigenvalue weighted by Gasteiger charge is -2.26. The van der Waals surface area contributed by atoms with Crippen molar-refractivity contribution >= 4 is 75.5 Å². The van der Waals surface area contributed by atoms with Crippen molar-refractivity contribution in [1.29, 1.82) is 5.26 Å². The van der Waals surface area contributed by atoms with Crippen LogP contribution < -0.4 is 19.6 Å². The molecule has 0 fully saturated rings. The van der Waals surface area contributed by atoms with Crippen LogP contribution in [-0.2, 0) is 0 Å². The molecule has 0 atom stereocenters. The van der Waals surface area contributed by atoms with Gasteiger partial charge < -0.3 is 19.6 Å². The predicted octanol–water partition coefficient (Wildman–Crippen LogP) is 13.5. The van der Waals surface area contributed by atoms with E-state index in [0.717, 1.165) is 56.6 Å². The van der Waals surface area contributed by atoms with Crippen LogP contribution in [0.25, 0.3) is 29.1 Å². The first-order chi connectivity index (χ1) is 28.3. The zero-order valence-electron chi connectivity index (χ0n) is 33.2. The van der Waals surface area contributed by atoms with Crippen molar-refractivity contribution in [3.8, 4) is 6.07 Å². The Morgan fingerprint density at radius 3 is 1.14 bits per heavy atom. The molecule has 58 heavy (non-hydrogen) atoms. The summed E-state index contributed by atoms with van der Waals surface area (Å²) in [5.41, 5.74) is 13.0. The van der Waals surface area contributed by atoms with Gasteiger partial charge in [-0.15, -0.1) is 0 Å². The maximum atomic E-state index is 10.2. The van der Waals surface area contributed by atoms with Gasteiger partial charge in [-0.05, 0) is 131 Å². The molecule has 7 aromatic carbocycles. The highest BCUT2D eigenvalue weighted by molar-refractivity contribution is 5.84. The summed E-state index contributed by atoms with van der Waals surface area (Å²) in [6.45, 7) is 7.97. The Morgan fingerprint density at radius 2 is 0.776 bits per heavy atom. The van der Waals surface area contributed by atoms with Gasteiger partial charge in [-0.2, -0.15) is 5.26 Å². The van der Waals surface area contributed by atoms with Crippen molar-refractivity contribution in [2.45, 2.75) is 0 Å². The van der Waals surface area contributed by atoms with Gasteiger partial charge in [0.05, 0.1) is 18.2 Å². The van der Waals surface area contributed by atoms with Crippen LogP contribution in [0.5, 0.6) is 0 Å². The zero-order valence-corrected chi connectivity index (χ0v) is 33.2. The van der Waals surface area contributed by atoms with E-state index in [2.05, 4.69) is 152 Å². The van der Waals surface area contributed by atoms with Crippen molar-refractivity contribution in [3.63, 3.8) is 0 Å². The maximum absolute atomic E-state index is 10.2. The van der Waals surface area contributed by atoms with Gasteiger partial charge in [0.25, 0.3) is 0 Å². The fourth-order valence-corrected chi connectivity index (χ4v) is 6.78. The molecule has 0 N–H and O–H groups in total. The molecule has 0 bridgehead atoms. The van der Waals surface area contributed by atoms with Crippen LogP contribution in [0.15, 0.2) is 170 Å². The monoisotopic (exact) mass is 752 g/mol. The Bertz CT molecular complexity index is 2410. The molecule has 0 aliphatic rings. The number of nitrogens with zero attached hydrogens (tertiary/aromatic N) is 6. The van der Waals surface area contributed by atoms with E-state index in [1.165, 1.54) is 0 Å². The average Bonchev–Trinajstić information content (AvgIpc) is 3.27. The molecule has 0 spiro atoms. The number of nitriles is 1. The molecule has 0 aliphatic carbocycles. The van der Waals surface area contributed by atoms with Gasteiger partial charge in [0.15, 0.2) is 5.69 Å². The molecular formula is C52H44N6. The van der Waals surface area contributed by atoms with Crippen molar-refractivity contribution in [1.82, 2.24) is 0 Å². The highest BCUT2D eigenvalue weighted by atomic mass is 15.1. The SMILES string of the molecule is [C-]#[N+]c1cc(/C=C/c2ccc(N(c3ccccc3)c3ccc(N(C)C)cc3)cc2)c(C#N)cc1/C=C/c1ccc(N(c2ccccc2)c2ccc(N(C)C)cc2)cc1. The number of anilines is 8. The number of hydrogen-bond acceptors (Lipinski definition) is 5. The zero-order chi connectivity index (χ0) is 40.4. The van der Waals surface area contributed by atoms with Gasteiger partial charge >= 0.3 is 0 Å². The fraction of sp³-hybridized carbons (Fsp3) is 0.0769. The van der Waals surface area contributed by atoms with Crippen LogP contribution in [-0.4, -0.2) is 28.2 Å². The molecule has 6 nitrogen and oxygen atoms in total. The standard InChI is InChI=1S/C52H44N6/c1-54-52-37-41(22-16-39-18-24-48(25-19-39)57(46-12-8-6-9-13-46)50-32-28-44(29-33-50)55(2)3)43(38-53)36-42(52)23-17-40-20-26-49(27-21-40)58(47-14-10-7-11-15-47)51-34-30-45(31-35-51)56(4)5/h6-37H,2-5H3/b22-16+,23-17+. The van der Waals surface area contributed by atoms with Crippen molar-refractivity contribution < 1.29 is 0 Å². The molecule has 0 heterocycles. The maximum Gasteiger partial charge on any atom is 0.194 e. The topological polar surface area (TPSA) is 41.1 Å². The van der Waals surface area contributed by atoms with Crippen LogP contribution in [0.3, 0.4) is 0 Å². The molecule has 7 aromatic rings. The molecule has 0 saturated heterocycles. The molecule has 0 radical (unpaired) electrons. The number of para-hydroxylation sites is 2. The Hall–Kier alpha value is -7.80. The van der Waals surface area contributed by atoms with E-state index < -0.39 is 0 Å². The lowest BCUT2D eigenvalue weighted by atomic mass is 10.0. The fourth-order valence-electron chi connectivity index (χ4n) is 6.78. The Morgan fingerprint density at radius 1 is 0.431 bits per heavy atom. The van der Waals surface area contributed by atoms with E-state index in [4.69, 9.17) is 6.57 Å². The average molecular weight is 753 g/mol. The quantitative estimate of drug-likeness (QED) is 0.0918.